The number of benzene rings is 1. The molecule has 136 valence electrons. The first kappa shape index (κ1) is 18.3. The molecular formula is C20H22N2O3S. The topological polar surface area (TPSA) is 72.2 Å². The quantitative estimate of drug-likeness (QED) is 0.735. The zero-order valence-electron chi connectivity index (χ0n) is 15.4. The third-order valence-electron chi connectivity index (χ3n) is 4.75. The zero-order valence-corrected chi connectivity index (χ0v) is 16.2. The van der Waals surface area contributed by atoms with Gasteiger partial charge < -0.3 is 5.11 Å². The lowest BCUT2D eigenvalue weighted by molar-refractivity contribution is -0.146. The molecule has 0 amide bonds. The molecule has 0 aliphatic carbocycles. The third-order valence-corrected chi connectivity index (χ3v) is 5.62. The predicted molar refractivity (Wildman–Crippen MR) is 105 cm³/mol. The number of fused-ring (bicyclic) bond motifs is 1. The minimum atomic E-state index is -1.37. The van der Waals surface area contributed by atoms with Crippen LogP contribution in [0.25, 0.3) is 21.3 Å². The van der Waals surface area contributed by atoms with E-state index in [-0.39, 0.29) is 5.56 Å². The molecule has 26 heavy (non-hydrogen) atoms. The number of hydrogen-bond donors (Lipinski definition) is 1. The standard InChI is InChI=1S/C20H22N2O3S/c1-5-12-7-9-13(10-8-12)14-11-26-17-16(14)18(23)22(15(6-2)21-17)20(3,4)19(24)25/h7-11H,5-6H2,1-4H3,(H,24,25). The molecule has 0 radical (unpaired) electrons. The van der Waals surface area contributed by atoms with Gasteiger partial charge in [0, 0.05) is 17.4 Å². The second kappa shape index (κ2) is 6.68. The third kappa shape index (κ3) is 2.84. The average molecular weight is 370 g/mol. The van der Waals surface area contributed by atoms with Crippen LogP contribution in [0.5, 0.6) is 0 Å². The minimum absolute atomic E-state index is 0.296. The Balaban J connectivity index is 2.32. The van der Waals surface area contributed by atoms with E-state index in [1.54, 1.807) is 0 Å². The van der Waals surface area contributed by atoms with Crippen LogP contribution < -0.4 is 5.56 Å². The maximum Gasteiger partial charge on any atom is 0.329 e. The first-order valence-corrected chi connectivity index (χ1v) is 9.55. The highest BCUT2D eigenvalue weighted by atomic mass is 32.1. The van der Waals surface area contributed by atoms with Crippen LogP contribution in [-0.4, -0.2) is 20.6 Å². The van der Waals surface area contributed by atoms with Gasteiger partial charge in [0.2, 0.25) is 0 Å². The fourth-order valence-corrected chi connectivity index (χ4v) is 4.03. The van der Waals surface area contributed by atoms with E-state index < -0.39 is 11.5 Å². The van der Waals surface area contributed by atoms with Crippen molar-refractivity contribution >= 4 is 27.5 Å². The van der Waals surface area contributed by atoms with E-state index in [0.29, 0.717) is 22.5 Å². The van der Waals surface area contributed by atoms with Gasteiger partial charge in [-0.15, -0.1) is 11.3 Å². The molecule has 0 atom stereocenters. The summed E-state index contributed by atoms with van der Waals surface area (Å²) in [6.07, 6.45) is 1.44. The fourth-order valence-electron chi connectivity index (χ4n) is 3.07. The Morgan fingerprint density at radius 2 is 1.85 bits per heavy atom. The van der Waals surface area contributed by atoms with Crippen molar-refractivity contribution in [2.24, 2.45) is 0 Å². The lowest BCUT2D eigenvalue weighted by Crippen LogP contribution is -2.44. The smallest absolute Gasteiger partial charge is 0.329 e. The Labute approximate surface area is 155 Å². The van der Waals surface area contributed by atoms with Crippen molar-refractivity contribution in [1.82, 2.24) is 9.55 Å². The minimum Gasteiger partial charge on any atom is -0.480 e. The summed E-state index contributed by atoms with van der Waals surface area (Å²) in [7, 11) is 0. The molecule has 3 aromatic rings. The molecule has 0 saturated heterocycles. The van der Waals surface area contributed by atoms with Crippen LogP contribution >= 0.6 is 11.3 Å². The molecule has 0 spiro atoms. The number of thiophene rings is 1. The van der Waals surface area contributed by atoms with E-state index in [4.69, 9.17) is 0 Å². The van der Waals surface area contributed by atoms with Crippen LogP contribution in [-0.2, 0) is 23.2 Å². The number of aryl methyl sites for hydroxylation is 2. The molecule has 1 N–H and O–H groups in total. The van der Waals surface area contributed by atoms with Gasteiger partial charge in [-0.3, -0.25) is 9.36 Å². The van der Waals surface area contributed by atoms with Crippen molar-refractivity contribution in [1.29, 1.82) is 0 Å². The van der Waals surface area contributed by atoms with Gasteiger partial charge >= 0.3 is 5.97 Å². The summed E-state index contributed by atoms with van der Waals surface area (Å²) in [5, 5.41) is 12.0. The monoisotopic (exact) mass is 370 g/mol. The second-order valence-corrected chi connectivity index (χ2v) is 7.62. The lowest BCUT2D eigenvalue weighted by atomic mass is 10.0. The normalized spacial score (nSPS) is 11.8. The van der Waals surface area contributed by atoms with Crippen LogP contribution in [0.2, 0.25) is 0 Å². The van der Waals surface area contributed by atoms with Crippen LogP contribution in [0, 0.1) is 0 Å². The largest absolute Gasteiger partial charge is 0.480 e. The van der Waals surface area contributed by atoms with Crippen molar-refractivity contribution in [3.05, 3.63) is 51.4 Å². The maximum atomic E-state index is 13.3. The Hall–Kier alpha value is -2.47. The molecule has 1 aromatic carbocycles. The number of carboxylic acid groups (broad SMARTS) is 1. The van der Waals surface area contributed by atoms with Gasteiger partial charge in [-0.05, 0) is 31.4 Å². The van der Waals surface area contributed by atoms with E-state index in [1.807, 2.05) is 36.6 Å². The van der Waals surface area contributed by atoms with Crippen LogP contribution in [0.3, 0.4) is 0 Å². The van der Waals surface area contributed by atoms with Gasteiger partial charge in [0.25, 0.3) is 5.56 Å². The number of rotatable bonds is 5. The molecule has 0 bridgehead atoms. The number of aromatic nitrogens is 2. The molecular weight excluding hydrogens is 348 g/mol. The van der Waals surface area contributed by atoms with Gasteiger partial charge in [0.15, 0.2) is 0 Å². The lowest BCUT2D eigenvalue weighted by Gasteiger charge is -2.25. The fraction of sp³-hybridized carbons (Fsp3) is 0.350. The number of hydrogen-bond acceptors (Lipinski definition) is 4. The average Bonchev–Trinajstić information content (AvgIpc) is 3.05. The molecule has 0 saturated carbocycles. The summed E-state index contributed by atoms with van der Waals surface area (Å²) in [6.45, 7) is 7.04. The Morgan fingerprint density at radius 3 is 2.38 bits per heavy atom. The van der Waals surface area contributed by atoms with Crippen LogP contribution in [0.1, 0.15) is 39.1 Å². The summed E-state index contributed by atoms with van der Waals surface area (Å²) in [5.41, 5.74) is 1.31. The van der Waals surface area contributed by atoms with E-state index >= 15 is 0 Å². The van der Waals surface area contributed by atoms with Crippen molar-refractivity contribution in [2.75, 3.05) is 0 Å². The van der Waals surface area contributed by atoms with E-state index in [2.05, 4.69) is 11.9 Å². The summed E-state index contributed by atoms with van der Waals surface area (Å²) in [6, 6.07) is 8.10. The molecule has 2 heterocycles. The first-order chi connectivity index (χ1) is 12.3. The number of aliphatic carboxylic acids is 1. The van der Waals surface area contributed by atoms with Gasteiger partial charge in [-0.1, -0.05) is 38.1 Å². The first-order valence-electron chi connectivity index (χ1n) is 8.67. The Morgan fingerprint density at radius 1 is 1.19 bits per heavy atom. The predicted octanol–water partition coefficient (Wildman–Crippen LogP) is 4.07. The van der Waals surface area contributed by atoms with Crippen molar-refractivity contribution in [3.63, 3.8) is 0 Å². The number of nitrogens with zero attached hydrogens (tertiary/aromatic N) is 2. The highest BCUT2D eigenvalue weighted by Crippen LogP contribution is 2.32. The Kier molecular flexibility index (Phi) is 4.71. The van der Waals surface area contributed by atoms with Gasteiger partial charge in [0.05, 0.1) is 5.39 Å². The van der Waals surface area contributed by atoms with E-state index in [9.17, 15) is 14.7 Å². The van der Waals surface area contributed by atoms with E-state index in [0.717, 1.165) is 17.5 Å². The van der Waals surface area contributed by atoms with Gasteiger partial charge in [-0.2, -0.15) is 0 Å². The Bertz CT molecular complexity index is 1030. The maximum absolute atomic E-state index is 13.3. The summed E-state index contributed by atoms with van der Waals surface area (Å²) >= 11 is 1.42. The molecule has 0 fully saturated rings. The van der Waals surface area contributed by atoms with E-state index in [1.165, 1.54) is 35.3 Å². The zero-order chi connectivity index (χ0) is 19.1. The molecule has 5 nitrogen and oxygen atoms in total. The molecule has 2 aromatic heterocycles. The van der Waals surface area contributed by atoms with Gasteiger partial charge in [0.1, 0.15) is 16.2 Å². The molecule has 0 aliphatic rings. The van der Waals surface area contributed by atoms with Crippen LogP contribution in [0.4, 0.5) is 0 Å². The molecule has 0 aliphatic heterocycles. The van der Waals surface area contributed by atoms with Crippen LogP contribution in [0.15, 0.2) is 34.4 Å². The molecule has 0 unspecified atom stereocenters. The molecule has 6 heteroatoms. The highest BCUT2D eigenvalue weighted by molar-refractivity contribution is 7.17. The van der Waals surface area contributed by atoms with Crippen molar-refractivity contribution in [2.45, 2.75) is 46.1 Å². The van der Waals surface area contributed by atoms with Crippen molar-refractivity contribution in [3.8, 4) is 11.1 Å². The number of carbonyl (C=O) groups is 1. The molecule has 3 rings (SSSR count). The van der Waals surface area contributed by atoms with Gasteiger partial charge in [-0.25, -0.2) is 9.78 Å². The highest BCUT2D eigenvalue weighted by Gasteiger charge is 2.34. The SMILES string of the molecule is CCc1ccc(-c2csc3nc(CC)n(C(C)(C)C(=O)O)c(=O)c23)cc1. The van der Waals surface area contributed by atoms with Crippen molar-refractivity contribution < 1.29 is 9.90 Å². The summed E-state index contributed by atoms with van der Waals surface area (Å²) in [5.74, 6) is -0.566. The summed E-state index contributed by atoms with van der Waals surface area (Å²) < 4.78 is 1.33. The number of carboxylic acids is 1. The summed E-state index contributed by atoms with van der Waals surface area (Å²) in [4.78, 5) is 30.3. The second-order valence-electron chi connectivity index (χ2n) is 6.77.